The number of aromatic nitrogens is 2. The van der Waals surface area contributed by atoms with E-state index in [1.807, 2.05) is 0 Å². The highest BCUT2D eigenvalue weighted by atomic mass is 16.2. The number of hydrogen-bond donors (Lipinski definition) is 0. The Balaban J connectivity index is 1.34. The number of carbonyl (C=O) groups is 1. The fraction of sp³-hybridized carbons (Fsp3) is 0.516. The van der Waals surface area contributed by atoms with Crippen LogP contribution in [0.5, 0.6) is 0 Å². The Morgan fingerprint density at radius 1 is 0.914 bits per heavy atom. The van der Waals surface area contributed by atoms with Crippen LogP contribution in [0.25, 0.3) is 11.0 Å². The van der Waals surface area contributed by atoms with Crippen LogP contribution in [0.1, 0.15) is 74.5 Å². The van der Waals surface area contributed by atoms with Gasteiger partial charge in [0.2, 0.25) is 5.91 Å². The number of aryl methyl sites for hydroxylation is 2. The van der Waals surface area contributed by atoms with Crippen LogP contribution in [0.2, 0.25) is 0 Å². The van der Waals surface area contributed by atoms with Crippen LogP contribution in [-0.2, 0) is 22.0 Å². The lowest BCUT2D eigenvalue weighted by Gasteiger charge is -2.44. The van der Waals surface area contributed by atoms with Crippen molar-refractivity contribution < 1.29 is 4.79 Å². The Labute approximate surface area is 209 Å². The van der Waals surface area contributed by atoms with Gasteiger partial charge >= 0.3 is 0 Å². The van der Waals surface area contributed by atoms with Crippen LogP contribution >= 0.6 is 0 Å². The molecule has 35 heavy (non-hydrogen) atoms. The zero-order valence-corrected chi connectivity index (χ0v) is 21.8. The standard InChI is InChI=1S/C31H37N3O/c1-20-17-24-25(18-21(20)2)33-27-26(32-24)30(5)13-14-31(27,29(30,3)4)28(35)34-15-11-23(12-16-34)19-22-9-7-6-8-10-22/h6-10,17-18,23H,11-16,19H2,1-5H3. The summed E-state index contributed by atoms with van der Waals surface area (Å²) in [5, 5.41) is 0. The Hall–Kier alpha value is -2.75. The van der Waals surface area contributed by atoms with Crippen LogP contribution < -0.4 is 0 Å². The van der Waals surface area contributed by atoms with Crippen molar-refractivity contribution in [2.24, 2.45) is 11.3 Å². The fourth-order valence-corrected chi connectivity index (χ4v) is 7.39. The molecular weight excluding hydrogens is 430 g/mol. The third kappa shape index (κ3) is 3.01. The molecule has 4 heteroatoms. The summed E-state index contributed by atoms with van der Waals surface area (Å²) in [4.78, 5) is 27.1. The monoisotopic (exact) mass is 467 g/mol. The van der Waals surface area contributed by atoms with E-state index in [-0.39, 0.29) is 10.8 Å². The van der Waals surface area contributed by atoms with Crippen molar-refractivity contribution in [3.05, 3.63) is 70.5 Å². The van der Waals surface area contributed by atoms with Crippen LogP contribution in [-0.4, -0.2) is 33.9 Å². The molecule has 0 N–H and O–H groups in total. The highest BCUT2D eigenvalue weighted by Gasteiger charge is 2.73. The maximum absolute atomic E-state index is 14.5. The molecule has 4 nitrogen and oxygen atoms in total. The van der Waals surface area contributed by atoms with Gasteiger partial charge in [-0.2, -0.15) is 0 Å². The van der Waals surface area contributed by atoms with Crippen LogP contribution in [0.4, 0.5) is 0 Å². The zero-order chi connectivity index (χ0) is 24.6. The van der Waals surface area contributed by atoms with E-state index in [1.165, 1.54) is 16.7 Å². The molecule has 2 aromatic carbocycles. The molecule has 1 saturated carbocycles. The summed E-state index contributed by atoms with van der Waals surface area (Å²) in [6.45, 7) is 12.9. The fourth-order valence-electron chi connectivity index (χ4n) is 7.39. The third-order valence-electron chi connectivity index (χ3n) is 10.3. The van der Waals surface area contributed by atoms with E-state index >= 15 is 0 Å². The second-order valence-corrected chi connectivity index (χ2v) is 12.1. The predicted octanol–water partition coefficient (Wildman–Crippen LogP) is 6.06. The van der Waals surface area contributed by atoms with Gasteiger partial charge in [0.1, 0.15) is 0 Å². The predicted molar refractivity (Wildman–Crippen MR) is 141 cm³/mol. The third-order valence-corrected chi connectivity index (χ3v) is 10.3. The molecule has 3 aliphatic rings. The van der Waals surface area contributed by atoms with E-state index in [1.54, 1.807) is 0 Å². The molecule has 1 aliphatic heterocycles. The molecule has 2 atom stereocenters. The zero-order valence-electron chi connectivity index (χ0n) is 21.8. The molecule has 2 bridgehead atoms. The van der Waals surface area contributed by atoms with E-state index in [9.17, 15) is 4.79 Å². The van der Waals surface area contributed by atoms with Crippen molar-refractivity contribution in [2.75, 3.05) is 13.1 Å². The smallest absolute Gasteiger partial charge is 0.235 e. The highest BCUT2D eigenvalue weighted by molar-refractivity contribution is 5.93. The lowest BCUT2D eigenvalue weighted by Crippen LogP contribution is -2.54. The summed E-state index contributed by atoms with van der Waals surface area (Å²) in [6.07, 6.45) is 5.12. The summed E-state index contributed by atoms with van der Waals surface area (Å²) in [7, 11) is 0. The molecule has 1 saturated heterocycles. The molecule has 0 spiro atoms. The van der Waals surface area contributed by atoms with Gasteiger partial charge < -0.3 is 4.90 Å². The van der Waals surface area contributed by atoms with Crippen molar-refractivity contribution in [1.82, 2.24) is 14.9 Å². The molecule has 2 aliphatic carbocycles. The summed E-state index contributed by atoms with van der Waals surface area (Å²) < 4.78 is 0. The maximum atomic E-state index is 14.5. The van der Waals surface area contributed by atoms with Gasteiger partial charge in [0, 0.05) is 18.5 Å². The number of benzene rings is 2. The first-order valence-electron chi connectivity index (χ1n) is 13.3. The molecule has 1 amide bonds. The van der Waals surface area contributed by atoms with Gasteiger partial charge in [0.15, 0.2) is 0 Å². The molecule has 6 rings (SSSR count). The van der Waals surface area contributed by atoms with E-state index in [0.29, 0.717) is 11.8 Å². The van der Waals surface area contributed by atoms with Gasteiger partial charge in [0.05, 0.1) is 27.8 Å². The minimum Gasteiger partial charge on any atom is -0.342 e. The van der Waals surface area contributed by atoms with E-state index in [4.69, 9.17) is 9.97 Å². The molecule has 2 heterocycles. The Kier molecular flexibility index (Phi) is 4.94. The first kappa shape index (κ1) is 22.7. The van der Waals surface area contributed by atoms with Crippen molar-refractivity contribution in [2.45, 2.75) is 77.6 Å². The van der Waals surface area contributed by atoms with Crippen LogP contribution in [0, 0.1) is 25.2 Å². The number of nitrogens with zero attached hydrogens (tertiary/aromatic N) is 3. The maximum Gasteiger partial charge on any atom is 0.235 e. The van der Waals surface area contributed by atoms with E-state index < -0.39 is 5.41 Å². The first-order chi connectivity index (χ1) is 16.7. The van der Waals surface area contributed by atoms with Crippen LogP contribution in [0.3, 0.4) is 0 Å². The number of fused-ring (bicyclic) bond motifs is 6. The molecule has 182 valence electrons. The number of piperidine rings is 1. The second kappa shape index (κ2) is 7.62. The summed E-state index contributed by atoms with van der Waals surface area (Å²) in [5.41, 5.74) is 6.84. The quantitative estimate of drug-likeness (QED) is 0.471. The number of amides is 1. The first-order valence-corrected chi connectivity index (χ1v) is 13.3. The van der Waals surface area contributed by atoms with Crippen molar-refractivity contribution in [3.63, 3.8) is 0 Å². The van der Waals surface area contributed by atoms with Crippen molar-refractivity contribution in [3.8, 4) is 0 Å². The molecule has 2 unspecified atom stereocenters. The normalized spacial score (nSPS) is 27.4. The molecule has 2 fully saturated rings. The minimum absolute atomic E-state index is 0.135. The topological polar surface area (TPSA) is 46.1 Å². The second-order valence-electron chi connectivity index (χ2n) is 12.1. The molecule has 3 aromatic rings. The van der Waals surface area contributed by atoms with Gasteiger partial charge in [-0.3, -0.25) is 4.79 Å². The lowest BCUT2D eigenvalue weighted by atomic mass is 9.63. The van der Waals surface area contributed by atoms with Gasteiger partial charge in [-0.25, -0.2) is 9.97 Å². The lowest BCUT2D eigenvalue weighted by molar-refractivity contribution is -0.143. The molecule has 1 aromatic heterocycles. The average molecular weight is 468 g/mol. The highest BCUT2D eigenvalue weighted by Crippen LogP contribution is 2.70. The van der Waals surface area contributed by atoms with E-state index in [2.05, 4.69) is 82.0 Å². The van der Waals surface area contributed by atoms with Crippen molar-refractivity contribution >= 4 is 16.9 Å². The molecular formula is C31H37N3O. The van der Waals surface area contributed by atoms with Crippen molar-refractivity contribution in [1.29, 1.82) is 0 Å². The Bertz CT molecular complexity index is 1320. The van der Waals surface area contributed by atoms with Crippen LogP contribution in [0.15, 0.2) is 42.5 Å². The Morgan fingerprint density at radius 2 is 1.51 bits per heavy atom. The number of hydrogen-bond acceptors (Lipinski definition) is 3. The van der Waals surface area contributed by atoms with Gasteiger partial charge in [-0.15, -0.1) is 0 Å². The summed E-state index contributed by atoms with van der Waals surface area (Å²) >= 11 is 0. The summed E-state index contributed by atoms with van der Waals surface area (Å²) in [6, 6.07) is 15.1. The van der Waals surface area contributed by atoms with Gasteiger partial charge in [-0.05, 0) is 86.1 Å². The number of rotatable bonds is 3. The SMILES string of the molecule is Cc1cc2nc3c(nc2cc1C)C1(C(=O)N2CCC(Cc4ccccc4)CC2)CCC3(C)C1(C)C. The minimum atomic E-state index is -0.580. The largest absolute Gasteiger partial charge is 0.342 e. The van der Waals surface area contributed by atoms with Gasteiger partial charge in [0.25, 0.3) is 0 Å². The number of carbonyl (C=O) groups excluding carboxylic acids is 1. The number of likely N-dealkylation sites (tertiary alicyclic amines) is 1. The van der Waals surface area contributed by atoms with Gasteiger partial charge in [-0.1, -0.05) is 51.1 Å². The molecule has 0 radical (unpaired) electrons. The summed E-state index contributed by atoms with van der Waals surface area (Å²) in [5.74, 6) is 0.937. The van der Waals surface area contributed by atoms with E-state index in [0.717, 1.165) is 67.6 Å². The Morgan fingerprint density at radius 3 is 2.14 bits per heavy atom. The average Bonchev–Trinajstić information content (AvgIpc) is 3.14.